The van der Waals surface area contributed by atoms with Crippen molar-refractivity contribution in [2.75, 3.05) is 13.2 Å². The number of aromatic nitrogens is 2. The molecule has 2 heterocycles. The van der Waals surface area contributed by atoms with Crippen LogP contribution in [0.25, 0.3) is 21.8 Å². The maximum absolute atomic E-state index is 11.9. The summed E-state index contributed by atoms with van der Waals surface area (Å²) in [6.07, 6.45) is 0.682. The summed E-state index contributed by atoms with van der Waals surface area (Å²) in [4.78, 5) is 41.1. The van der Waals surface area contributed by atoms with Gasteiger partial charge in [-0.1, -0.05) is 0 Å². The highest BCUT2D eigenvalue weighted by molar-refractivity contribution is 6.13. The van der Waals surface area contributed by atoms with E-state index in [1.54, 1.807) is 32.0 Å². The Morgan fingerprint density at radius 2 is 1.38 bits per heavy atom. The van der Waals surface area contributed by atoms with Crippen molar-refractivity contribution >= 4 is 40.0 Å². The number of benzene rings is 1. The molecular weight excluding hydrogens is 312 g/mol. The molecule has 3 aromatic rings. The van der Waals surface area contributed by atoms with Gasteiger partial charge in [-0.25, -0.2) is 9.59 Å². The number of aromatic amines is 2. The molecule has 3 rings (SSSR count). The first-order valence-electron chi connectivity index (χ1n) is 7.56. The van der Waals surface area contributed by atoms with E-state index in [0.717, 1.165) is 0 Å². The van der Waals surface area contributed by atoms with Gasteiger partial charge in [0.25, 0.3) is 0 Å². The van der Waals surface area contributed by atoms with Crippen LogP contribution in [0.2, 0.25) is 0 Å². The van der Waals surface area contributed by atoms with Crippen molar-refractivity contribution in [3.63, 3.8) is 0 Å². The molecule has 0 saturated heterocycles. The van der Waals surface area contributed by atoms with Gasteiger partial charge < -0.3 is 19.4 Å². The first kappa shape index (κ1) is 15.8. The van der Waals surface area contributed by atoms with Crippen LogP contribution < -0.4 is 0 Å². The molecule has 2 aromatic heterocycles. The number of nitrogens with one attached hydrogen (secondary N) is 2. The number of carbonyl (C=O) groups excluding carboxylic acids is 3. The molecule has 7 heteroatoms. The van der Waals surface area contributed by atoms with Gasteiger partial charge in [-0.05, 0) is 32.0 Å². The monoisotopic (exact) mass is 328 g/mol. The molecule has 0 fully saturated rings. The smallest absolute Gasteiger partial charge is 0.354 e. The number of carbonyl (C=O) groups is 3. The van der Waals surface area contributed by atoms with Gasteiger partial charge in [-0.2, -0.15) is 0 Å². The predicted octanol–water partition coefficient (Wildman–Crippen LogP) is 2.82. The van der Waals surface area contributed by atoms with E-state index < -0.39 is 11.9 Å². The summed E-state index contributed by atoms with van der Waals surface area (Å²) in [7, 11) is 0. The van der Waals surface area contributed by atoms with Crippen LogP contribution in [0.15, 0.2) is 18.2 Å². The summed E-state index contributed by atoms with van der Waals surface area (Å²) in [5.41, 5.74) is 1.91. The van der Waals surface area contributed by atoms with Crippen molar-refractivity contribution in [1.29, 1.82) is 0 Å². The van der Waals surface area contributed by atoms with Crippen molar-refractivity contribution in [3.05, 3.63) is 35.2 Å². The predicted molar refractivity (Wildman–Crippen MR) is 87.5 cm³/mol. The van der Waals surface area contributed by atoms with Crippen LogP contribution in [-0.2, 0) is 9.47 Å². The molecule has 0 bridgehead atoms. The molecule has 0 radical (unpaired) electrons. The Bertz CT molecular complexity index is 880. The number of esters is 2. The average Bonchev–Trinajstić information content (AvgIpc) is 3.16. The van der Waals surface area contributed by atoms with Crippen LogP contribution in [0.1, 0.15) is 45.2 Å². The minimum absolute atomic E-state index is 0.262. The number of hydrogen-bond acceptors (Lipinski definition) is 5. The second-order valence-corrected chi connectivity index (χ2v) is 5.14. The zero-order chi connectivity index (χ0) is 17.3. The molecule has 0 spiro atoms. The second kappa shape index (κ2) is 6.19. The quantitative estimate of drug-likeness (QED) is 0.554. The largest absolute Gasteiger partial charge is 0.461 e. The molecule has 124 valence electrons. The van der Waals surface area contributed by atoms with Gasteiger partial charge in [0.05, 0.1) is 29.8 Å². The van der Waals surface area contributed by atoms with Crippen LogP contribution >= 0.6 is 0 Å². The lowest BCUT2D eigenvalue weighted by molar-refractivity contribution is 0.0511. The summed E-state index contributed by atoms with van der Waals surface area (Å²) < 4.78 is 9.92. The number of aldehydes is 1. The van der Waals surface area contributed by atoms with E-state index in [9.17, 15) is 14.4 Å². The molecular formula is C17H16N2O5. The van der Waals surface area contributed by atoms with E-state index in [1.807, 2.05) is 0 Å². The molecule has 0 aliphatic carbocycles. The minimum atomic E-state index is -0.485. The lowest BCUT2D eigenvalue weighted by atomic mass is 10.1. The van der Waals surface area contributed by atoms with Crippen LogP contribution in [-0.4, -0.2) is 41.4 Å². The van der Waals surface area contributed by atoms with E-state index >= 15 is 0 Å². The highest BCUT2D eigenvalue weighted by atomic mass is 16.5. The van der Waals surface area contributed by atoms with E-state index in [-0.39, 0.29) is 24.6 Å². The van der Waals surface area contributed by atoms with Gasteiger partial charge in [0.1, 0.15) is 11.4 Å². The highest BCUT2D eigenvalue weighted by Crippen LogP contribution is 2.28. The number of H-pyrrole nitrogens is 2. The van der Waals surface area contributed by atoms with Crippen molar-refractivity contribution in [3.8, 4) is 0 Å². The zero-order valence-electron chi connectivity index (χ0n) is 13.3. The van der Waals surface area contributed by atoms with Crippen molar-refractivity contribution in [1.82, 2.24) is 9.97 Å². The number of hydrogen-bond donors (Lipinski definition) is 2. The van der Waals surface area contributed by atoms with Gasteiger partial charge in [0, 0.05) is 10.8 Å². The first-order valence-corrected chi connectivity index (χ1v) is 7.56. The van der Waals surface area contributed by atoms with Crippen molar-refractivity contribution in [2.45, 2.75) is 13.8 Å². The Balaban J connectivity index is 2.17. The number of ether oxygens (including phenoxy) is 2. The lowest BCUT2D eigenvalue weighted by Gasteiger charge is -1.99. The topological polar surface area (TPSA) is 101 Å². The van der Waals surface area contributed by atoms with Crippen LogP contribution in [0.4, 0.5) is 0 Å². The van der Waals surface area contributed by atoms with Crippen LogP contribution in [0.5, 0.6) is 0 Å². The van der Waals surface area contributed by atoms with Gasteiger partial charge >= 0.3 is 11.9 Å². The SMILES string of the molecule is CCOC(=O)c1cc2cc3cc(C(=O)OCC)[nH]c3c(C=O)c2[nH]1. The standard InChI is InChI=1S/C17H16N2O5/c1-3-23-16(21)12-6-9-5-10-7-13(17(22)24-4-2)19-15(10)11(8-20)14(9)18-12/h5-8,18-19H,3-4H2,1-2H3. The molecule has 1 aromatic carbocycles. The van der Waals surface area contributed by atoms with E-state index in [2.05, 4.69) is 9.97 Å². The molecule has 0 aliphatic rings. The van der Waals surface area contributed by atoms with Crippen LogP contribution in [0, 0.1) is 0 Å². The van der Waals surface area contributed by atoms with E-state index in [0.29, 0.717) is 33.7 Å². The summed E-state index contributed by atoms with van der Waals surface area (Å²) in [5, 5.41) is 1.36. The minimum Gasteiger partial charge on any atom is -0.461 e. The fourth-order valence-electron chi connectivity index (χ4n) is 2.66. The van der Waals surface area contributed by atoms with Crippen molar-refractivity contribution in [2.24, 2.45) is 0 Å². The van der Waals surface area contributed by atoms with Gasteiger partial charge in [0.2, 0.25) is 0 Å². The maximum atomic E-state index is 11.9. The third kappa shape index (κ3) is 2.54. The Morgan fingerprint density at radius 1 is 0.917 bits per heavy atom. The zero-order valence-corrected chi connectivity index (χ0v) is 13.3. The Hall–Kier alpha value is -3.09. The summed E-state index contributed by atoms with van der Waals surface area (Å²) in [6.45, 7) is 3.96. The summed E-state index contributed by atoms with van der Waals surface area (Å²) in [5.74, 6) is -0.970. The first-order chi connectivity index (χ1) is 11.6. The number of rotatable bonds is 5. The summed E-state index contributed by atoms with van der Waals surface area (Å²) in [6, 6.07) is 5.03. The Morgan fingerprint density at radius 3 is 1.75 bits per heavy atom. The number of fused-ring (bicyclic) bond motifs is 2. The molecule has 0 aliphatic heterocycles. The molecule has 0 amide bonds. The van der Waals surface area contributed by atoms with Crippen LogP contribution in [0.3, 0.4) is 0 Å². The maximum Gasteiger partial charge on any atom is 0.354 e. The molecule has 24 heavy (non-hydrogen) atoms. The molecule has 2 N–H and O–H groups in total. The normalized spacial score (nSPS) is 10.9. The van der Waals surface area contributed by atoms with Gasteiger partial charge in [0.15, 0.2) is 6.29 Å². The second-order valence-electron chi connectivity index (χ2n) is 5.14. The lowest BCUT2D eigenvalue weighted by Crippen LogP contribution is -2.04. The Labute approximate surface area is 136 Å². The Kier molecular flexibility index (Phi) is 4.07. The summed E-state index contributed by atoms with van der Waals surface area (Å²) >= 11 is 0. The molecule has 7 nitrogen and oxygen atoms in total. The van der Waals surface area contributed by atoms with Crippen molar-refractivity contribution < 1.29 is 23.9 Å². The van der Waals surface area contributed by atoms with E-state index in [4.69, 9.17) is 9.47 Å². The molecule has 0 saturated carbocycles. The molecule has 0 atom stereocenters. The fraction of sp³-hybridized carbons (Fsp3) is 0.235. The third-order valence-electron chi connectivity index (χ3n) is 3.65. The molecule has 0 unspecified atom stereocenters. The van der Waals surface area contributed by atoms with Gasteiger partial charge in [-0.15, -0.1) is 0 Å². The fourth-order valence-corrected chi connectivity index (χ4v) is 2.66. The van der Waals surface area contributed by atoms with Gasteiger partial charge in [-0.3, -0.25) is 4.79 Å². The average molecular weight is 328 g/mol. The van der Waals surface area contributed by atoms with E-state index in [1.165, 1.54) is 0 Å². The highest BCUT2D eigenvalue weighted by Gasteiger charge is 2.18. The third-order valence-corrected chi connectivity index (χ3v) is 3.65.